The number of ether oxygens (including phenoxy) is 1. The summed E-state index contributed by atoms with van der Waals surface area (Å²) in [6, 6.07) is 0. The molecule has 1 rings (SSSR count). The molecule has 4 nitrogen and oxygen atoms in total. The number of hydrogen-bond acceptors (Lipinski definition) is 3. The predicted molar refractivity (Wildman–Crippen MR) is 71.7 cm³/mol. The molecule has 1 unspecified atom stereocenters. The number of ketones is 1. The first-order valence-corrected chi connectivity index (χ1v) is 6.48. The van der Waals surface area contributed by atoms with Crippen LogP contribution in [-0.4, -0.2) is 29.3 Å². The lowest BCUT2D eigenvalue weighted by Gasteiger charge is -2.09. The van der Waals surface area contributed by atoms with Gasteiger partial charge in [-0.05, 0) is 32.3 Å². The Kier molecular flexibility index (Phi) is 5.54. The van der Waals surface area contributed by atoms with E-state index >= 15 is 0 Å². The molecule has 0 aliphatic rings. The maximum absolute atomic E-state index is 12.0. The first kappa shape index (κ1) is 14.9. The van der Waals surface area contributed by atoms with E-state index in [1.807, 2.05) is 32.5 Å². The zero-order valence-corrected chi connectivity index (χ0v) is 12.1. The van der Waals surface area contributed by atoms with Crippen molar-refractivity contribution in [2.75, 3.05) is 13.7 Å². The maximum Gasteiger partial charge on any atom is 0.136 e. The molecule has 0 spiro atoms. The molecular weight excluding hydrogens is 228 g/mol. The monoisotopic (exact) mass is 252 g/mol. The van der Waals surface area contributed by atoms with Crippen LogP contribution in [0.2, 0.25) is 0 Å². The Balaban J connectivity index is 2.52. The highest BCUT2D eigenvalue weighted by Crippen LogP contribution is 2.16. The minimum absolute atomic E-state index is 0.0854. The Morgan fingerprint density at radius 3 is 2.61 bits per heavy atom. The number of methoxy groups -OCH3 is 1. The summed E-state index contributed by atoms with van der Waals surface area (Å²) < 4.78 is 6.88. The summed E-state index contributed by atoms with van der Waals surface area (Å²) in [6.45, 7) is 6.68. The third-order valence-corrected chi connectivity index (χ3v) is 3.58. The van der Waals surface area contributed by atoms with E-state index in [-0.39, 0.29) is 5.92 Å². The van der Waals surface area contributed by atoms with Gasteiger partial charge in [-0.3, -0.25) is 9.48 Å². The van der Waals surface area contributed by atoms with Crippen molar-refractivity contribution in [2.24, 2.45) is 13.0 Å². The molecule has 0 bridgehead atoms. The topological polar surface area (TPSA) is 44.1 Å². The van der Waals surface area contributed by atoms with Gasteiger partial charge < -0.3 is 4.74 Å². The van der Waals surface area contributed by atoms with E-state index in [0.717, 1.165) is 24.2 Å². The van der Waals surface area contributed by atoms with E-state index < -0.39 is 0 Å². The van der Waals surface area contributed by atoms with Crippen molar-refractivity contribution >= 4 is 5.78 Å². The lowest BCUT2D eigenvalue weighted by molar-refractivity contribution is -0.122. The molecule has 1 aromatic rings. The van der Waals surface area contributed by atoms with Crippen molar-refractivity contribution in [3.63, 3.8) is 0 Å². The lowest BCUT2D eigenvalue weighted by Crippen LogP contribution is -2.14. The number of aryl methyl sites for hydroxylation is 2. The smallest absolute Gasteiger partial charge is 0.136 e. The van der Waals surface area contributed by atoms with Crippen LogP contribution in [0.1, 0.15) is 36.7 Å². The normalized spacial score (nSPS) is 12.7. The first-order chi connectivity index (χ1) is 8.47. The zero-order valence-electron chi connectivity index (χ0n) is 12.1. The Hall–Kier alpha value is -1.16. The van der Waals surface area contributed by atoms with Crippen molar-refractivity contribution in [2.45, 2.75) is 40.0 Å². The molecule has 1 heterocycles. The van der Waals surface area contributed by atoms with Gasteiger partial charge in [0, 0.05) is 38.8 Å². The number of nitrogens with zero attached hydrogens (tertiary/aromatic N) is 2. The van der Waals surface area contributed by atoms with E-state index in [1.54, 1.807) is 7.11 Å². The molecule has 0 saturated heterocycles. The minimum atomic E-state index is 0.0854. The molecule has 0 radical (unpaired) electrons. The van der Waals surface area contributed by atoms with Gasteiger partial charge in [-0.2, -0.15) is 5.10 Å². The van der Waals surface area contributed by atoms with Crippen LogP contribution >= 0.6 is 0 Å². The molecule has 0 amide bonds. The highest BCUT2D eigenvalue weighted by molar-refractivity contribution is 5.80. The van der Waals surface area contributed by atoms with E-state index in [9.17, 15) is 4.79 Å². The minimum Gasteiger partial charge on any atom is -0.385 e. The van der Waals surface area contributed by atoms with Crippen LogP contribution in [-0.2, 0) is 23.0 Å². The van der Waals surface area contributed by atoms with E-state index in [4.69, 9.17) is 4.74 Å². The van der Waals surface area contributed by atoms with Crippen LogP contribution in [0.3, 0.4) is 0 Å². The maximum atomic E-state index is 12.0. The molecule has 0 fully saturated rings. The fourth-order valence-electron chi connectivity index (χ4n) is 2.13. The van der Waals surface area contributed by atoms with Crippen molar-refractivity contribution in [1.82, 2.24) is 9.78 Å². The number of hydrogen-bond donors (Lipinski definition) is 0. The second-order valence-electron chi connectivity index (χ2n) is 4.92. The van der Waals surface area contributed by atoms with Crippen LogP contribution in [0, 0.1) is 19.8 Å². The highest BCUT2D eigenvalue weighted by atomic mass is 16.5. The van der Waals surface area contributed by atoms with Crippen LogP contribution in [0.4, 0.5) is 0 Å². The van der Waals surface area contributed by atoms with Crippen molar-refractivity contribution in [3.8, 4) is 0 Å². The molecule has 4 heteroatoms. The quantitative estimate of drug-likeness (QED) is 0.747. The van der Waals surface area contributed by atoms with Gasteiger partial charge in [-0.15, -0.1) is 0 Å². The van der Waals surface area contributed by atoms with Crippen LogP contribution in [0.25, 0.3) is 0 Å². The molecule has 18 heavy (non-hydrogen) atoms. The van der Waals surface area contributed by atoms with Crippen molar-refractivity contribution in [1.29, 1.82) is 0 Å². The summed E-state index contributed by atoms with van der Waals surface area (Å²) in [5.74, 6) is 0.400. The molecule has 0 aliphatic carbocycles. The van der Waals surface area contributed by atoms with E-state index in [0.29, 0.717) is 18.8 Å². The first-order valence-electron chi connectivity index (χ1n) is 6.48. The summed E-state index contributed by atoms with van der Waals surface area (Å²) in [7, 11) is 3.61. The molecule has 0 saturated carbocycles. The largest absolute Gasteiger partial charge is 0.385 e. The number of aromatic nitrogens is 2. The SMILES string of the molecule is COCCC(C)C(=O)CCc1c(C)nn(C)c1C. The fraction of sp³-hybridized carbons (Fsp3) is 0.714. The Morgan fingerprint density at radius 2 is 2.11 bits per heavy atom. The summed E-state index contributed by atoms with van der Waals surface area (Å²) in [5, 5.41) is 4.37. The molecule has 0 aliphatic heterocycles. The fourth-order valence-corrected chi connectivity index (χ4v) is 2.13. The molecular formula is C14H24N2O2. The Labute approximate surface area is 109 Å². The van der Waals surface area contributed by atoms with Crippen molar-refractivity contribution < 1.29 is 9.53 Å². The lowest BCUT2D eigenvalue weighted by atomic mass is 9.96. The van der Waals surface area contributed by atoms with Gasteiger partial charge in [-0.1, -0.05) is 6.92 Å². The van der Waals surface area contributed by atoms with Gasteiger partial charge >= 0.3 is 0 Å². The van der Waals surface area contributed by atoms with Crippen molar-refractivity contribution in [3.05, 3.63) is 17.0 Å². The highest BCUT2D eigenvalue weighted by Gasteiger charge is 2.15. The summed E-state index contributed by atoms with van der Waals surface area (Å²) >= 11 is 0. The molecule has 1 aromatic heterocycles. The second kappa shape index (κ2) is 6.69. The van der Waals surface area contributed by atoms with Gasteiger partial charge in [0.15, 0.2) is 0 Å². The molecule has 102 valence electrons. The Bertz CT molecular complexity index is 410. The summed E-state index contributed by atoms with van der Waals surface area (Å²) in [4.78, 5) is 12.0. The number of carbonyl (C=O) groups is 1. The summed E-state index contributed by atoms with van der Waals surface area (Å²) in [6.07, 6.45) is 2.19. The average Bonchev–Trinajstić information content (AvgIpc) is 2.58. The van der Waals surface area contributed by atoms with Gasteiger partial charge in [0.05, 0.1) is 5.69 Å². The number of rotatable bonds is 7. The van der Waals surface area contributed by atoms with E-state index in [1.165, 1.54) is 5.56 Å². The van der Waals surface area contributed by atoms with Crippen LogP contribution in [0.15, 0.2) is 0 Å². The van der Waals surface area contributed by atoms with Gasteiger partial charge in [0.25, 0.3) is 0 Å². The van der Waals surface area contributed by atoms with Gasteiger partial charge in [-0.25, -0.2) is 0 Å². The molecule has 1 atom stereocenters. The third-order valence-electron chi connectivity index (χ3n) is 3.58. The molecule has 0 aromatic carbocycles. The van der Waals surface area contributed by atoms with Gasteiger partial charge in [0.1, 0.15) is 5.78 Å². The standard InChI is InChI=1S/C14H24N2O2/c1-10(8-9-18-5)14(17)7-6-13-11(2)15-16(4)12(13)3/h10H,6-9H2,1-5H3. The Morgan fingerprint density at radius 1 is 1.44 bits per heavy atom. The van der Waals surface area contributed by atoms with Crippen LogP contribution in [0.5, 0.6) is 0 Å². The summed E-state index contributed by atoms with van der Waals surface area (Å²) in [5.41, 5.74) is 3.40. The van der Waals surface area contributed by atoms with E-state index in [2.05, 4.69) is 5.10 Å². The van der Waals surface area contributed by atoms with Crippen LogP contribution < -0.4 is 0 Å². The second-order valence-corrected chi connectivity index (χ2v) is 4.92. The zero-order chi connectivity index (χ0) is 13.7. The van der Waals surface area contributed by atoms with Gasteiger partial charge in [0.2, 0.25) is 0 Å². The number of Topliss-reactive ketones (excluding diaryl/α,β-unsaturated/α-hetero) is 1. The third kappa shape index (κ3) is 3.67. The molecule has 0 N–H and O–H groups in total. The number of carbonyl (C=O) groups excluding carboxylic acids is 1. The average molecular weight is 252 g/mol. The predicted octanol–water partition coefficient (Wildman–Crippen LogP) is 2.21.